The highest BCUT2D eigenvalue weighted by molar-refractivity contribution is 5.98. The van der Waals surface area contributed by atoms with Gasteiger partial charge in [0.05, 0.1) is 24.2 Å². The van der Waals surface area contributed by atoms with E-state index in [1.54, 1.807) is 7.11 Å². The van der Waals surface area contributed by atoms with Crippen LogP contribution in [-0.2, 0) is 6.54 Å². The second-order valence-electron chi connectivity index (χ2n) is 8.81. The van der Waals surface area contributed by atoms with Gasteiger partial charge in [-0.2, -0.15) is 5.26 Å². The number of nitriles is 1. The second-order valence-corrected chi connectivity index (χ2v) is 8.81. The zero-order valence-corrected chi connectivity index (χ0v) is 19.5. The summed E-state index contributed by atoms with van der Waals surface area (Å²) in [6, 6.07) is 18.7. The van der Waals surface area contributed by atoms with Gasteiger partial charge < -0.3 is 9.30 Å². The van der Waals surface area contributed by atoms with Crippen LogP contribution >= 0.6 is 0 Å². The number of imidazole rings is 1. The summed E-state index contributed by atoms with van der Waals surface area (Å²) in [6.45, 7) is 4.74. The van der Waals surface area contributed by atoms with Gasteiger partial charge in [0.1, 0.15) is 5.75 Å². The number of rotatable bonds is 9. The molecule has 4 rings (SSSR count). The van der Waals surface area contributed by atoms with Gasteiger partial charge in [-0.3, -0.25) is 9.69 Å². The first-order valence-electron chi connectivity index (χ1n) is 11.9. The molecule has 0 radical (unpaired) electrons. The third kappa shape index (κ3) is 5.09. The monoisotopic (exact) mass is 444 g/mol. The lowest BCUT2D eigenvalue weighted by Gasteiger charge is -2.35. The standard InChI is InChI=1S/C27H32N4O2/c1-20(21-10-12-23(33-2)13-11-21)30-18-14-22(15-19-30)26(32)27-29-24-8-4-5-9-25(24)31(27)17-7-3-6-16-28/h4-5,8-13,20,22H,3,6-7,14-15,17-19H2,1-2H3. The number of hydrogen-bond donors (Lipinski definition) is 0. The first-order valence-corrected chi connectivity index (χ1v) is 11.9. The molecule has 0 aliphatic carbocycles. The number of nitrogens with zero attached hydrogens (tertiary/aromatic N) is 4. The number of fused-ring (bicyclic) bond motifs is 1. The Labute approximate surface area is 195 Å². The molecular formula is C27H32N4O2. The van der Waals surface area contributed by atoms with Gasteiger partial charge in [0, 0.05) is 24.9 Å². The average molecular weight is 445 g/mol. The fourth-order valence-electron chi connectivity index (χ4n) is 4.79. The molecule has 3 aromatic rings. The number of carbonyl (C=O) groups is 1. The van der Waals surface area contributed by atoms with Gasteiger partial charge in [-0.1, -0.05) is 24.3 Å². The Morgan fingerprint density at radius 1 is 1.15 bits per heavy atom. The van der Waals surface area contributed by atoms with Crippen molar-refractivity contribution in [2.75, 3.05) is 20.2 Å². The molecule has 1 atom stereocenters. The van der Waals surface area contributed by atoms with E-state index >= 15 is 0 Å². The predicted octanol–water partition coefficient (Wildman–Crippen LogP) is 5.39. The fraction of sp³-hybridized carbons (Fsp3) is 0.444. The van der Waals surface area contributed by atoms with Crippen molar-refractivity contribution in [1.29, 1.82) is 5.26 Å². The van der Waals surface area contributed by atoms with Crippen molar-refractivity contribution in [1.82, 2.24) is 14.5 Å². The molecule has 1 aliphatic rings. The molecule has 0 amide bonds. The first-order chi connectivity index (χ1) is 16.1. The van der Waals surface area contributed by atoms with Crippen molar-refractivity contribution in [3.05, 3.63) is 59.9 Å². The van der Waals surface area contributed by atoms with Crippen molar-refractivity contribution in [3.63, 3.8) is 0 Å². The van der Waals surface area contributed by atoms with Gasteiger partial charge in [-0.05, 0) is 75.5 Å². The molecule has 6 nitrogen and oxygen atoms in total. The molecular weight excluding hydrogens is 412 g/mol. The average Bonchev–Trinajstić information content (AvgIpc) is 3.24. The summed E-state index contributed by atoms with van der Waals surface area (Å²) in [7, 11) is 1.68. The molecule has 1 aromatic heterocycles. The van der Waals surface area contributed by atoms with Gasteiger partial charge in [0.2, 0.25) is 5.78 Å². The van der Waals surface area contributed by atoms with Crippen molar-refractivity contribution in [2.45, 2.75) is 51.6 Å². The van der Waals surface area contributed by atoms with E-state index in [0.29, 0.717) is 18.3 Å². The Hall–Kier alpha value is -3.17. The summed E-state index contributed by atoms with van der Waals surface area (Å²) in [6.07, 6.45) is 3.93. The number of Topliss-reactive ketones (excluding diaryl/α,β-unsaturated/α-hetero) is 1. The molecule has 6 heteroatoms. The first kappa shape index (κ1) is 23.0. The number of unbranched alkanes of at least 4 members (excludes halogenated alkanes) is 2. The summed E-state index contributed by atoms with van der Waals surface area (Å²) < 4.78 is 7.34. The number of carbonyl (C=O) groups excluding carboxylic acids is 1. The third-order valence-electron chi connectivity index (χ3n) is 6.84. The van der Waals surface area contributed by atoms with Gasteiger partial charge >= 0.3 is 0 Å². The summed E-state index contributed by atoms with van der Waals surface area (Å²) in [5, 5.41) is 8.83. The minimum Gasteiger partial charge on any atom is -0.497 e. The molecule has 172 valence electrons. The number of ketones is 1. The van der Waals surface area contributed by atoms with Gasteiger partial charge in [0.15, 0.2) is 5.82 Å². The van der Waals surface area contributed by atoms with Crippen LogP contribution in [-0.4, -0.2) is 40.4 Å². The number of aryl methyl sites for hydroxylation is 1. The number of aromatic nitrogens is 2. The smallest absolute Gasteiger partial charge is 0.201 e. The van der Waals surface area contributed by atoms with Crippen LogP contribution in [0, 0.1) is 17.2 Å². The van der Waals surface area contributed by atoms with Crippen LogP contribution in [0.3, 0.4) is 0 Å². The minimum atomic E-state index is -0.000937. The summed E-state index contributed by atoms with van der Waals surface area (Å²) >= 11 is 0. The molecule has 0 bridgehead atoms. The fourth-order valence-corrected chi connectivity index (χ4v) is 4.79. The quantitative estimate of drug-likeness (QED) is 0.327. The van der Waals surface area contributed by atoms with Crippen molar-refractivity contribution in [3.8, 4) is 11.8 Å². The van der Waals surface area contributed by atoms with Gasteiger partial charge in [0.25, 0.3) is 0 Å². The number of hydrogen-bond acceptors (Lipinski definition) is 5. The summed E-state index contributed by atoms with van der Waals surface area (Å²) in [5.41, 5.74) is 3.13. The van der Waals surface area contributed by atoms with Crippen molar-refractivity contribution in [2.24, 2.45) is 5.92 Å². The lowest BCUT2D eigenvalue weighted by atomic mass is 9.90. The van der Waals surface area contributed by atoms with Crippen LogP contribution in [0.2, 0.25) is 0 Å². The lowest BCUT2D eigenvalue weighted by molar-refractivity contribution is 0.0787. The lowest BCUT2D eigenvalue weighted by Crippen LogP contribution is -2.38. The van der Waals surface area contributed by atoms with Crippen LogP contribution in [0.5, 0.6) is 5.75 Å². The highest BCUT2D eigenvalue weighted by Gasteiger charge is 2.31. The number of benzene rings is 2. The number of piperidine rings is 1. The molecule has 0 N–H and O–H groups in total. The van der Waals surface area contributed by atoms with Crippen LogP contribution < -0.4 is 4.74 Å². The Morgan fingerprint density at radius 3 is 2.58 bits per heavy atom. The maximum Gasteiger partial charge on any atom is 0.201 e. The molecule has 1 unspecified atom stereocenters. The van der Waals surface area contributed by atoms with Crippen LogP contribution in [0.1, 0.15) is 61.3 Å². The maximum atomic E-state index is 13.5. The van der Waals surface area contributed by atoms with E-state index in [1.165, 1.54) is 5.56 Å². The number of methoxy groups -OCH3 is 1. The SMILES string of the molecule is COc1ccc(C(C)N2CCC(C(=O)c3nc4ccccc4n3CCCCC#N)CC2)cc1. The van der Waals surface area contributed by atoms with E-state index < -0.39 is 0 Å². The second kappa shape index (κ2) is 10.6. The van der Waals surface area contributed by atoms with Crippen molar-refractivity contribution < 1.29 is 9.53 Å². The molecule has 1 aliphatic heterocycles. The van der Waals surface area contributed by atoms with E-state index in [9.17, 15) is 4.79 Å². The highest BCUT2D eigenvalue weighted by atomic mass is 16.5. The topological polar surface area (TPSA) is 71.2 Å². The molecule has 33 heavy (non-hydrogen) atoms. The van der Waals surface area contributed by atoms with E-state index in [4.69, 9.17) is 15.0 Å². The Kier molecular flexibility index (Phi) is 7.41. The molecule has 0 spiro atoms. The zero-order chi connectivity index (χ0) is 23.2. The van der Waals surface area contributed by atoms with Crippen molar-refractivity contribution >= 4 is 16.8 Å². The maximum absolute atomic E-state index is 13.5. The minimum absolute atomic E-state index is 0.000937. The Bertz CT molecular complexity index is 1120. The number of ether oxygens (including phenoxy) is 1. The van der Waals surface area contributed by atoms with E-state index in [1.807, 2.05) is 36.4 Å². The molecule has 1 fully saturated rings. The predicted molar refractivity (Wildman–Crippen MR) is 129 cm³/mol. The molecule has 2 aromatic carbocycles. The Balaban J connectivity index is 1.44. The van der Waals surface area contributed by atoms with E-state index in [-0.39, 0.29) is 11.7 Å². The molecule has 1 saturated heterocycles. The zero-order valence-electron chi connectivity index (χ0n) is 19.5. The van der Waals surface area contributed by atoms with E-state index in [2.05, 4.69) is 34.6 Å². The summed E-state index contributed by atoms with van der Waals surface area (Å²) in [5.74, 6) is 1.60. The van der Waals surface area contributed by atoms with Gasteiger partial charge in [-0.25, -0.2) is 4.98 Å². The largest absolute Gasteiger partial charge is 0.497 e. The normalized spacial score (nSPS) is 15.9. The van der Waals surface area contributed by atoms with Gasteiger partial charge in [-0.15, -0.1) is 0 Å². The summed E-state index contributed by atoms with van der Waals surface area (Å²) in [4.78, 5) is 20.7. The highest BCUT2D eigenvalue weighted by Crippen LogP contribution is 2.30. The van der Waals surface area contributed by atoms with Crippen LogP contribution in [0.25, 0.3) is 11.0 Å². The number of para-hydroxylation sites is 2. The number of likely N-dealkylation sites (tertiary alicyclic amines) is 1. The third-order valence-corrected chi connectivity index (χ3v) is 6.84. The van der Waals surface area contributed by atoms with Crippen LogP contribution in [0.4, 0.5) is 0 Å². The molecule has 2 heterocycles. The Morgan fingerprint density at radius 2 is 1.88 bits per heavy atom. The van der Waals surface area contributed by atoms with E-state index in [0.717, 1.165) is 62.1 Å². The van der Waals surface area contributed by atoms with Crippen LogP contribution in [0.15, 0.2) is 48.5 Å². The molecule has 0 saturated carbocycles.